The number of nitrogens with one attached hydrogen (secondary N) is 2. The first-order chi connectivity index (χ1) is 15.6. The number of nitrogens with zero attached hydrogens (tertiary/aromatic N) is 2. The fourth-order valence-electron chi connectivity index (χ4n) is 3.15. The van der Waals surface area contributed by atoms with Crippen molar-refractivity contribution in [1.29, 1.82) is 0 Å². The summed E-state index contributed by atoms with van der Waals surface area (Å²) in [6.45, 7) is 0. The Balaban J connectivity index is 1.49. The van der Waals surface area contributed by atoms with Gasteiger partial charge in [-0.3, -0.25) is 9.59 Å². The van der Waals surface area contributed by atoms with Crippen LogP contribution in [0.4, 0.5) is 5.69 Å². The van der Waals surface area contributed by atoms with Crippen molar-refractivity contribution in [2.24, 2.45) is 0 Å². The average Bonchev–Trinajstić information content (AvgIpc) is 3.35. The van der Waals surface area contributed by atoms with E-state index in [1.165, 1.54) is 11.5 Å². The molecule has 1 aromatic heterocycles. The lowest BCUT2D eigenvalue weighted by molar-refractivity contribution is -0.118. The first kappa shape index (κ1) is 21.7. The van der Waals surface area contributed by atoms with Gasteiger partial charge >= 0.3 is 0 Å². The zero-order valence-corrected chi connectivity index (χ0v) is 18.4. The number of anilines is 1. The molecule has 0 saturated carbocycles. The van der Waals surface area contributed by atoms with Crippen LogP contribution in [0.1, 0.15) is 15.9 Å². The van der Waals surface area contributed by atoms with Crippen LogP contribution in [0.25, 0.3) is 11.3 Å². The van der Waals surface area contributed by atoms with Crippen molar-refractivity contribution < 1.29 is 9.59 Å². The number of carbonyl (C=O) groups is 2. The number of rotatable bonds is 7. The summed E-state index contributed by atoms with van der Waals surface area (Å²) in [5.74, 6) is -0.650. The van der Waals surface area contributed by atoms with E-state index in [4.69, 9.17) is 11.6 Å². The third kappa shape index (κ3) is 5.57. The second-order valence-corrected chi connectivity index (χ2v) is 8.13. The van der Waals surface area contributed by atoms with Crippen molar-refractivity contribution in [2.45, 2.75) is 12.5 Å². The Morgan fingerprint density at radius 3 is 2.31 bits per heavy atom. The van der Waals surface area contributed by atoms with Gasteiger partial charge in [0.05, 0.1) is 0 Å². The normalized spacial score (nSPS) is 11.5. The van der Waals surface area contributed by atoms with E-state index in [0.29, 0.717) is 22.7 Å². The fourth-order valence-corrected chi connectivity index (χ4v) is 3.74. The van der Waals surface area contributed by atoms with Gasteiger partial charge in [0.25, 0.3) is 5.91 Å². The predicted molar refractivity (Wildman–Crippen MR) is 127 cm³/mol. The van der Waals surface area contributed by atoms with Crippen LogP contribution in [0.2, 0.25) is 5.02 Å². The van der Waals surface area contributed by atoms with Gasteiger partial charge in [0.15, 0.2) is 0 Å². The van der Waals surface area contributed by atoms with Crippen LogP contribution in [-0.2, 0) is 11.2 Å². The highest BCUT2D eigenvalue weighted by Crippen LogP contribution is 2.20. The second-order valence-electron chi connectivity index (χ2n) is 7.08. The smallest absolute Gasteiger partial charge is 0.251 e. The summed E-state index contributed by atoms with van der Waals surface area (Å²) in [7, 11) is 0. The van der Waals surface area contributed by atoms with Gasteiger partial charge in [0.2, 0.25) is 5.91 Å². The second kappa shape index (κ2) is 10.2. The molecule has 1 unspecified atom stereocenters. The van der Waals surface area contributed by atoms with E-state index in [-0.39, 0.29) is 11.8 Å². The SMILES string of the molecule is O=C(NC(Cc1ccccc1)C(=O)Nc1ccc(-c2csnn2)cc1)c1ccc(Cl)cc1. The molecule has 8 heteroatoms. The molecule has 0 bridgehead atoms. The van der Waals surface area contributed by atoms with E-state index in [9.17, 15) is 9.59 Å². The molecular formula is C24H19ClN4O2S. The number of carbonyl (C=O) groups excluding carboxylic acids is 2. The van der Waals surface area contributed by atoms with E-state index >= 15 is 0 Å². The first-order valence-corrected chi connectivity index (χ1v) is 11.1. The van der Waals surface area contributed by atoms with Gasteiger partial charge in [0, 0.05) is 33.6 Å². The van der Waals surface area contributed by atoms with Gasteiger partial charge in [-0.1, -0.05) is 58.6 Å². The Morgan fingerprint density at radius 2 is 1.66 bits per heavy atom. The molecule has 4 rings (SSSR count). The minimum Gasteiger partial charge on any atom is -0.340 e. The molecular weight excluding hydrogens is 444 g/mol. The molecule has 0 radical (unpaired) electrons. The van der Waals surface area contributed by atoms with E-state index in [2.05, 4.69) is 20.2 Å². The first-order valence-electron chi connectivity index (χ1n) is 9.87. The third-order valence-corrected chi connectivity index (χ3v) is 5.58. The lowest BCUT2D eigenvalue weighted by Gasteiger charge is -2.19. The molecule has 2 N–H and O–H groups in total. The summed E-state index contributed by atoms with van der Waals surface area (Å²) in [5.41, 5.74) is 3.69. The zero-order valence-electron chi connectivity index (χ0n) is 16.9. The fraction of sp³-hybridized carbons (Fsp3) is 0.0833. The molecule has 6 nitrogen and oxygen atoms in total. The molecule has 1 heterocycles. The molecule has 32 heavy (non-hydrogen) atoms. The standard InChI is InChI=1S/C24H19ClN4O2S/c25-19-10-6-18(7-11-19)23(30)27-21(14-16-4-2-1-3-5-16)24(31)26-20-12-8-17(9-13-20)22-15-32-29-28-22/h1-13,15,21H,14H2,(H,26,31)(H,27,30). The Labute approximate surface area is 194 Å². The Hall–Kier alpha value is -3.55. The Kier molecular flexibility index (Phi) is 6.89. The number of halogens is 1. The number of benzene rings is 3. The number of hydrogen-bond donors (Lipinski definition) is 2. The highest BCUT2D eigenvalue weighted by atomic mass is 35.5. The molecule has 4 aromatic rings. The molecule has 1 atom stereocenters. The number of hydrogen-bond acceptors (Lipinski definition) is 5. The van der Waals surface area contributed by atoms with Crippen LogP contribution in [0, 0.1) is 0 Å². The van der Waals surface area contributed by atoms with Gasteiger partial charge in [0.1, 0.15) is 11.7 Å². The topological polar surface area (TPSA) is 84.0 Å². The highest BCUT2D eigenvalue weighted by Gasteiger charge is 2.22. The van der Waals surface area contributed by atoms with Crippen molar-refractivity contribution in [3.63, 3.8) is 0 Å². The van der Waals surface area contributed by atoms with Gasteiger partial charge < -0.3 is 10.6 Å². The maximum Gasteiger partial charge on any atom is 0.251 e. The van der Waals surface area contributed by atoms with Crippen molar-refractivity contribution in [3.8, 4) is 11.3 Å². The van der Waals surface area contributed by atoms with Gasteiger partial charge in [-0.2, -0.15) is 0 Å². The minimum absolute atomic E-state index is 0.306. The van der Waals surface area contributed by atoms with Crippen LogP contribution in [-0.4, -0.2) is 27.4 Å². The molecule has 0 saturated heterocycles. The van der Waals surface area contributed by atoms with Crippen molar-refractivity contribution in [1.82, 2.24) is 14.9 Å². The summed E-state index contributed by atoms with van der Waals surface area (Å²) in [6.07, 6.45) is 0.356. The summed E-state index contributed by atoms with van der Waals surface area (Å²) >= 11 is 7.19. The lowest BCUT2D eigenvalue weighted by atomic mass is 10.0. The maximum atomic E-state index is 13.1. The molecule has 3 aromatic carbocycles. The monoisotopic (exact) mass is 462 g/mol. The van der Waals surface area contributed by atoms with Crippen LogP contribution >= 0.6 is 23.1 Å². The van der Waals surface area contributed by atoms with Crippen LogP contribution in [0.3, 0.4) is 0 Å². The van der Waals surface area contributed by atoms with E-state index in [1.54, 1.807) is 36.4 Å². The molecule has 0 spiro atoms. The summed E-state index contributed by atoms with van der Waals surface area (Å²) in [6, 6.07) is 22.7. The summed E-state index contributed by atoms with van der Waals surface area (Å²) in [4.78, 5) is 25.8. The maximum absolute atomic E-state index is 13.1. The summed E-state index contributed by atoms with van der Waals surface area (Å²) in [5, 5.41) is 12.2. The van der Waals surface area contributed by atoms with Crippen molar-refractivity contribution in [3.05, 3.63) is 100 Å². The minimum atomic E-state index is -0.761. The third-order valence-electron chi connectivity index (χ3n) is 4.82. The average molecular weight is 463 g/mol. The predicted octanol–water partition coefficient (Wildman–Crippen LogP) is 4.84. The van der Waals surface area contributed by atoms with Crippen molar-refractivity contribution >= 4 is 40.6 Å². The Bertz CT molecular complexity index is 1180. The molecule has 2 amide bonds. The van der Waals surface area contributed by atoms with Gasteiger partial charge in [-0.15, -0.1) is 5.10 Å². The zero-order chi connectivity index (χ0) is 22.3. The Morgan fingerprint density at radius 1 is 0.938 bits per heavy atom. The molecule has 0 fully saturated rings. The quantitative estimate of drug-likeness (QED) is 0.411. The van der Waals surface area contributed by atoms with Crippen molar-refractivity contribution in [2.75, 3.05) is 5.32 Å². The largest absolute Gasteiger partial charge is 0.340 e. The molecule has 160 valence electrons. The summed E-state index contributed by atoms with van der Waals surface area (Å²) < 4.78 is 3.86. The lowest BCUT2D eigenvalue weighted by Crippen LogP contribution is -2.45. The number of aromatic nitrogens is 2. The molecule has 0 aliphatic heterocycles. The van der Waals surface area contributed by atoms with E-state index < -0.39 is 6.04 Å². The van der Waals surface area contributed by atoms with E-state index in [0.717, 1.165) is 16.8 Å². The van der Waals surface area contributed by atoms with Crippen LogP contribution < -0.4 is 10.6 Å². The molecule has 0 aliphatic rings. The van der Waals surface area contributed by atoms with Gasteiger partial charge in [-0.25, -0.2) is 0 Å². The van der Waals surface area contributed by atoms with Crippen LogP contribution in [0.5, 0.6) is 0 Å². The van der Waals surface area contributed by atoms with Crippen LogP contribution in [0.15, 0.2) is 84.2 Å². The molecule has 0 aliphatic carbocycles. The van der Waals surface area contributed by atoms with E-state index in [1.807, 2.05) is 47.8 Å². The number of amides is 2. The van der Waals surface area contributed by atoms with Gasteiger partial charge in [-0.05, 0) is 53.5 Å². The highest BCUT2D eigenvalue weighted by molar-refractivity contribution is 7.03.